The van der Waals surface area contributed by atoms with Gasteiger partial charge in [-0.1, -0.05) is 34.1 Å². The molecular formula is C15H17BrN2O. The van der Waals surface area contributed by atoms with Crippen LogP contribution in [0, 0.1) is 0 Å². The summed E-state index contributed by atoms with van der Waals surface area (Å²) in [5.74, 6) is 0. The normalized spacial score (nSPS) is 14.1. The Morgan fingerprint density at radius 3 is 2.58 bits per heavy atom. The Morgan fingerprint density at radius 1 is 1.21 bits per heavy atom. The second-order valence-corrected chi connectivity index (χ2v) is 5.30. The molecule has 0 saturated heterocycles. The molecule has 2 rings (SSSR count). The van der Waals surface area contributed by atoms with Crippen molar-refractivity contribution < 1.29 is 5.11 Å². The first-order valence-corrected chi connectivity index (χ1v) is 7.03. The van der Waals surface area contributed by atoms with E-state index in [1.165, 1.54) is 5.56 Å². The second-order valence-electron chi connectivity index (χ2n) is 4.45. The standard InChI is InChI=1S/C15H17BrN2O/c1-11(13-4-2-3-5-14(13)16)18-10-15(19)12-6-8-17-9-7-12/h2-9,11,15,18-19H,10H2,1H3. The van der Waals surface area contributed by atoms with Crippen molar-refractivity contribution in [2.24, 2.45) is 0 Å². The molecule has 0 saturated carbocycles. The van der Waals surface area contributed by atoms with E-state index in [-0.39, 0.29) is 6.04 Å². The molecule has 100 valence electrons. The fourth-order valence-electron chi connectivity index (χ4n) is 1.93. The molecule has 0 amide bonds. The van der Waals surface area contributed by atoms with Crippen LogP contribution in [-0.2, 0) is 0 Å². The van der Waals surface area contributed by atoms with Crippen LogP contribution in [0.25, 0.3) is 0 Å². The summed E-state index contributed by atoms with van der Waals surface area (Å²) in [4.78, 5) is 3.94. The zero-order valence-electron chi connectivity index (χ0n) is 10.8. The number of hydrogen-bond acceptors (Lipinski definition) is 3. The molecule has 0 fully saturated rings. The number of hydrogen-bond donors (Lipinski definition) is 2. The summed E-state index contributed by atoms with van der Waals surface area (Å²) in [6.45, 7) is 2.59. The molecule has 2 aromatic rings. The molecule has 0 spiro atoms. The molecule has 19 heavy (non-hydrogen) atoms. The number of aliphatic hydroxyl groups excluding tert-OH is 1. The van der Waals surface area contributed by atoms with Gasteiger partial charge in [0.1, 0.15) is 0 Å². The van der Waals surface area contributed by atoms with Crippen LogP contribution in [0.5, 0.6) is 0 Å². The van der Waals surface area contributed by atoms with Crippen LogP contribution in [0.2, 0.25) is 0 Å². The van der Waals surface area contributed by atoms with E-state index >= 15 is 0 Å². The number of benzene rings is 1. The third-order valence-electron chi connectivity index (χ3n) is 3.08. The molecule has 0 aliphatic rings. The fraction of sp³-hybridized carbons (Fsp3) is 0.267. The molecular weight excluding hydrogens is 304 g/mol. The summed E-state index contributed by atoms with van der Waals surface area (Å²) < 4.78 is 1.08. The van der Waals surface area contributed by atoms with Gasteiger partial charge in [0, 0.05) is 29.5 Å². The second kappa shape index (κ2) is 6.80. The molecule has 4 heteroatoms. The molecule has 0 radical (unpaired) electrons. The van der Waals surface area contributed by atoms with Gasteiger partial charge in [0.05, 0.1) is 6.10 Å². The third kappa shape index (κ3) is 3.86. The largest absolute Gasteiger partial charge is 0.387 e. The van der Waals surface area contributed by atoms with Crippen molar-refractivity contribution in [2.75, 3.05) is 6.54 Å². The Labute approximate surface area is 121 Å². The van der Waals surface area contributed by atoms with Crippen LogP contribution in [-0.4, -0.2) is 16.6 Å². The number of aliphatic hydroxyl groups is 1. The zero-order chi connectivity index (χ0) is 13.7. The number of rotatable bonds is 5. The maximum absolute atomic E-state index is 10.1. The molecule has 2 unspecified atom stereocenters. The van der Waals surface area contributed by atoms with Crippen molar-refractivity contribution in [2.45, 2.75) is 19.1 Å². The zero-order valence-corrected chi connectivity index (χ0v) is 12.3. The van der Waals surface area contributed by atoms with Gasteiger partial charge in [0.15, 0.2) is 0 Å². The van der Waals surface area contributed by atoms with E-state index in [0.29, 0.717) is 6.54 Å². The first-order chi connectivity index (χ1) is 9.18. The quantitative estimate of drug-likeness (QED) is 0.889. The van der Waals surface area contributed by atoms with Crippen LogP contribution in [0.4, 0.5) is 0 Å². The van der Waals surface area contributed by atoms with E-state index in [9.17, 15) is 5.11 Å². The van der Waals surface area contributed by atoms with Gasteiger partial charge in [-0.25, -0.2) is 0 Å². The highest BCUT2D eigenvalue weighted by atomic mass is 79.9. The summed E-state index contributed by atoms with van der Waals surface area (Å²) in [5.41, 5.74) is 2.06. The van der Waals surface area contributed by atoms with E-state index < -0.39 is 6.10 Å². The molecule has 1 heterocycles. The topological polar surface area (TPSA) is 45.1 Å². The Balaban J connectivity index is 1.94. The van der Waals surface area contributed by atoms with E-state index in [2.05, 4.69) is 39.2 Å². The van der Waals surface area contributed by atoms with Gasteiger partial charge < -0.3 is 10.4 Å². The lowest BCUT2D eigenvalue weighted by Gasteiger charge is -2.18. The average Bonchev–Trinajstić information content (AvgIpc) is 2.46. The van der Waals surface area contributed by atoms with E-state index in [1.807, 2.05) is 30.3 Å². The summed E-state index contributed by atoms with van der Waals surface area (Å²) in [7, 11) is 0. The number of nitrogens with zero attached hydrogens (tertiary/aromatic N) is 1. The van der Waals surface area contributed by atoms with Crippen molar-refractivity contribution in [3.05, 3.63) is 64.4 Å². The highest BCUT2D eigenvalue weighted by Gasteiger charge is 2.11. The van der Waals surface area contributed by atoms with Gasteiger partial charge in [0.25, 0.3) is 0 Å². The maximum atomic E-state index is 10.1. The Morgan fingerprint density at radius 2 is 1.89 bits per heavy atom. The summed E-state index contributed by atoms with van der Waals surface area (Å²) in [6, 6.07) is 11.9. The van der Waals surface area contributed by atoms with Crippen molar-refractivity contribution >= 4 is 15.9 Å². The minimum Gasteiger partial charge on any atom is -0.387 e. The third-order valence-corrected chi connectivity index (χ3v) is 3.80. The summed E-state index contributed by atoms with van der Waals surface area (Å²) in [6.07, 6.45) is 2.86. The molecule has 1 aromatic carbocycles. The Hall–Kier alpha value is -1.23. The number of pyridine rings is 1. The maximum Gasteiger partial charge on any atom is 0.0915 e. The predicted molar refractivity (Wildman–Crippen MR) is 79.8 cm³/mol. The minimum atomic E-state index is -0.520. The van der Waals surface area contributed by atoms with Gasteiger partial charge in [-0.2, -0.15) is 0 Å². The van der Waals surface area contributed by atoms with Crippen LogP contribution >= 0.6 is 15.9 Å². The van der Waals surface area contributed by atoms with Crippen LogP contribution < -0.4 is 5.32 Å². The highest BCUT2D eigenvalue weighted by Crippen LogP contribution is 2.23. The van der Waals surface area contributed by atoms with Gasteiger partial charge in [-0.3, -0.25) is 4.98 Å². The molecule has 1 aromatic heterocycles. The van der Waals surface area contributed by atoms with E-state index in [4.69, 9.17) is 0 Å². The summed E-state index contributed by atoms with van der Waals surface area (Å²) >= 11 is 3.54. The van der Waals surface area contributed by atoms with E-state index in [1.54, 1.807) is 12.4 Å². The first kappa shape index (κ1) is 14.2. The van der Waals surface area contributed by atoms with Crippen LogP contribution in [0.3, 0.4) is 0 Å². The van der Waals surface area contributed by atoms with Gasteiger partial charge in [0.2, 0.25) is 0 Å². The molecule has 2 atom stereocenters. The van der Waals surface area contributed by atoms with Crippen LogP contribution in [0.15, 0.2) is 53.3 Å². The Kier molecular flexibility index (Phi) is 5.07. The van der Waals surface area contributed by atoms with Crippen molar-refractivity contribution in [3.8, 4) is 0 Å². The average molecular weight is 321 g/mol. The molecule has 0 aliphatic heterocycles. The van der Waals surface area contributed by atoms with E-state index in [0.717, 1.165) is 10.0 Å². The smallest absolute Gasteiger partial charge is 0.0915 e. The number of nitrogens with one attached hydrogen (secondary N) is 1. The lowest BCUT2D eigenvalue weighted by atomic mass is 10.1. The molecule has 3 nitrogen and oxygen atoms in total. The Bertz CT molecular complexity index is 519. The van der Waals surface area contributed by atoms with Crippen molar-refractivity contribution in [3.63, 3.8) is 0 Å². The highest BCUT2D eigenvalue weighted by molar-refractivity contribution is 9.10. The van der Waals surface area contributed by atoms with Gasteiger partial charge in [-0.15, -0.1) is 0 Å². The number of aromatic nitrogens is 1. The molecule has 0 aliphatic carbocycles. The van der Waals surface area contributed by atoms with Gasteiger partial charge >= 0.3 is 0 Å². The lowest BCUT2D eigenvalue weighted by molar-refractivity contribution is 0.170. The minimum absolute atomic E-state index is 0.173. The predicted octanol–water partition coefficient (Wildman–Crippen LogP) is 3.23. The first-order valence-electron chi connectivity index (χ1n) is 6.24. The lowest BCUT2D eigenvalue weighted by Crippen LogP contribution is -2.24. The van der Waals surface area contributed by atoms with Crippen molar-refractivity contribution in [1.29, 1.82) is 0 Å². The fourth-order valence-corrected chi connectivity index (χ4v) is 2.56. The number of halogens is 1. The van der Waals surface area contributed by atoms with Gasteiger partial charge in [-0.05, 0) is 36.2 Å². The SMILES string of the molecule is CC(NCC(O)c1ccncc1)c1ccccc1Br. The van der Waals surface area contributed by atoms with Crippen LogP contribution in [0.1, 0.15) is 30.2 Å². The van der Waals surface area contributed by atoms with Crippen molar-refractivity contribution in [1.82, 2.24) is 10.3 Å². The molecule has 0 bridgehead atoms. The summed E-state index contributed by atoms with van der Waals surface area (Å²) in [5, 5.41) is 13.4. The molecule has 2 N–H and O–H groups in total. The monoisotopic (exact) mass is 320 g/mol.